The Morgan fingerprint density at radius 2 is 2.06 bits per heavy atom. The Kier molecular flexibility index (Phi) is 4.77. The highest BCUT2D eigenvalue weighted by Gasteiger charge is 2.49. The maximum Gasteiger partial charge on any atom is 0.383 e. The van der Waals surface area contributed by atoms with Gasteiger partial charge in [-0.25, -0.2) is 8.78 Å². The molecule has 1 amide bonds. The molecule has 0 aromatic heterocycles. The summed E-state index contributed by atoms with van der Waals surface area (Å²) in [5, 5.41) is 2.04. The van der Waals surface area contributed by atoms with Gasteiger partial charge in [-0.15, -0.1) is 0 Å². The molecule has 1 N–H and O–H groups in total. The first kappa shape index (κ1) is 14.3. The molecule has 1 aliphatic carbocycles. The van der Waals surface area contributed by atoms with Crippen molar-refractivity contribution in [3.05, 3.63) is 0 Å². The Morgan fingerprint density at radius 3 is 2.59 bits per heavy atom. The minimum atomic E-state index is -4.58. The number of nitrogens with one attached hydrogen (secondary N) is 1. The van der Waals surface area contributed by atoms with Gasteiger partial charge in [0.25, 0.3) is 5.91 Å². The molecule has 17 heavy (non-hydrogen) atoms. The Balaban J connectivity index is 2.51. The number of carbonyl (C=O) groups excluding carboxylic acids is 1. The topological polar surface area (TPSA) is 29.1 Å². The second-order valence-electron chi connectivity index (χ2n) is 4.53. The van der Waals surface area contributed by atoms with Crippen molar-refractivity contribution in [1.82, 2.24) is 5.32 Å². The molecule has 2 atom stereocenters. The third-order valence-corrected chi connectivity index (χ3v) is 3.27. The number of amides is 1. The van der Waals surface area contributed by atoms with Crippen molar-refractivity contribution in [3.63, 3.8) is 0 Å². The van der Waals surface area contributed by atoms with Crippen LogP contribution in [0.3, 0.4) is 0 Å². The summed E-state index contributed by atoms with van der Waals surface area (Å²) in [4.78, 5) is 11.0. The molecule has 2 nitrogen and oxygen atoms in total. The molecule has 1 fully saturated rings. The summed E-state index contributed by atoms with van der Waals surface area (Å²) >= 11 is 0. The first-order valence-corrected chi connectivity index (χ1v) is 5.84. The van der Waals surface area contributed by atoms with Crippen molar-refractivity contribution in [1.29, 1.82) is 0 Å². The predicted octanol–water partition coefficient (Wildman–Crippen LogP) is 2.97. The fraction of sp³-hybridized carbons (Fsp3) is 0.909. The van der Waals surface area contributed by atoms with Crippen molar-refractivity contribution < 1.29 is 22.4 Å². The Hall–Kier alpha value is -0.810. The molecule has 1 saturated carbocycles. The van der Waals surface area contributed by atoms with Crippen molar-refractivity contribution in [2.75, 3.05) is 0 Å². The van der Waals surface area contributed by atoms with Gasteiger partial charge < -0.3 is 5.32 Å². The molecule has 6 heteroatoms. The van der Waals surface area contributed by atoms with E-state index in [1.807, 2.05) is 12.2 Å². The number of rotatable bonds is 4. The van der Waals surface area contributed by atoms with E-state index in [-0.39, 0.29) is 0 Å². The second kappa shape index (κ2) is 5.69. The van der Waals surface area contributed by atoms with Gasteiger partial charge in [0.1, 0.15) is 0 Å². The van der Waals surface area contributed by atoms with Crippen LogP contribution in [0.5, 0.6) is 0 Å². The highest BCUT2D eigenvalue weighted by atomic mass is 19.3. The van der Waals surface area contributed by atoms with E-state index in [4.69, 9.17) is 0 Å². The van der Waals surface area contributed by atoms with Crippen molar-refractivity contribution in [3.8, 4) is 0 Å². The monoisotopic (exact) mass is 255 g/mol. The van der Waals surface area contributed by atoms with Crippen LogP contribution in [-0.4, -0.2) is 24.3 Å². The zero-order valence-electron chi connectivity index (χ0n) is 9.69. The largest absolute Gasteiger partial charge is 0.383 e. The van der Waals surface area contributed by atoms with E-state index in [1.165, 1.54) is 0 Å². The van der Waals surface area contributed by atoms with E-state index < -0.39 is 24.3 Å². The molecule has 1 rings (SSSR count). The van der Waals surface area contributed by atoms with Gasteiger partial charge in [-0.3, -0.25) is 4.79 Å². The molecule has 0 spiro atoms. The fourth-order valence-corrected chi connectivity index (χ4v) is 2.17. The lowest BCUT2D eigenvalue weighted by molar-refractivity contribution is -0.170. The number of alkyl halides is 4. The van der Waals surface area contributed by atoms with Crippen molar-refractivity contribution >= 4 is 5.91 Å². The van der Waals surface area contributed by atoms with Crippen LogP contribution in [0.25, 0.3) is 0 Å². The van der Waals surface area contributed by atoms with E-state index >= 15 is 0 Å². The van der Waals surface area contributed by atoms with Crippen LogP contribution in [0.4, 0.5) is 17.6 Å². The van der Waals surface area contributed by atoms with Gasteiger partial charge >= 0.3 is 12.3 Å². The molecule has 0 heterocycles. The number of carbonyl (C=O) groups is 1. The number of hydrogen-bond donors (Lipinski definition) is 1. The number of halogens is 4. The first-order valence-electron chi connectivity index (χ1n) is 5.84. The SMILES string of the molecule is CCC1CCCC(NC(=O)C(F)(F)C(F)F)C1. The third kappa shape index (κ3) is 3.57. The normalized spacial score (nSPS) is 26.0. The highest BCUT2D eigenvalue weighted by molar-refractivity contribution is 5.84. The second-order valence-corrected chi connectivity index (χ2v) is 4.53. The summed E-state index contributed by atoms with van der Waals surface area (Å²) in [6, 6.07) is -0.397. The average molecular weight is 255 g/mol. The molecule has 0 saturated heterocycles. The molecule has 0 bridgehead atoms. The fourth-order valence-electron chi connectivity index (χ4n) is 2.17. The van der Waals surface area contributed by atoms with Gasteiger partial charge in [0.15, 0.2) is 0 Å². The maximum absolute atomic E-state index is 12.7. The van der Waals surface area contributed by atoms with Gasteiger partial charge in [-0.05, 0) is 18.8 Å². The summed E-state index contributed by atoms with van der Waals surface area (Å²) in [6.07, 6.45) is -0.00787. The molecule has 0 aromatic rings. The summed E-state index contributed by atoms with van der Waals surface area (Å²) in [7, 11) is 0. The van der Waals surface area contributed by atoms with Crippen molar-refractivity contribution in [2.45, 2.75) is 57.4 Å². The lowest BCUT2D eigenvalue weighted by atomic mass is 9.84. The predicted molar refractivity (Wildman–Crippen MR) is 55.1 cm³/mol. The van der Waals surface area contributed by atoms with Crippen LogP contribution in [0.1, 0.15) is 39.0 Å². The molecule has 0 aromatic carbocycles. The standard InChI is InChI=1S/C11H17F4NO/c1-2-7-4-3-5-8(6-7)16-10(17)11(14,15)9(12)13/h7-9H,2-6H2,1H3,(H,16,17). The van der Waals surface area contributed by atoms with Gasteiger partial charge in [-0.1, -0.05) is 26.2 Å². The Morgan fingerprint density at radius 1 is 1.41 bits per heavy atom. The molecular weight excluding hydrogens is 238 g/mol. The average Bonchev–Trinajstić information content (AvgIpc) is 2.29. The molecule has 2 unspecified atom stereocenters. The smallest absolute Gasteiger partial charge is 0.348 e. The Labute approximate surface area is 97.8 Å². The lowest BCUT2D eigenvalue weighted by Gasteiger charge is -2.30. The van der Waals surface area contributed by atoms with Crippen molar-refractivity contribution in [2.24, 2.45) is 5.92 Å². The van der Waals surface area contributed by atoms with Gasteiger partial charge in [0.2, 0.25) is 0 Å². The van der Waals surface area contributed by atoms with Crippen LogP contribution in [0, 0.1) is 5.92 Å². The lowest BCUT2D eigenvalue weighted by Crippen LogP contribution is -2.50. The zero-order chi connectivity index (χ0) is 13.1. The first-order chi connectivity index (χ1) is 7.87. The van der Waals surface area contributed by atoms with Crippen LogP contribution >= 0.6 is 0 Å². The van der Waals surface area contributed by atoms with Crippen LogP contribution < -0.4 is 5.32 Å². The Bertz CT molecular complexity index is 270. The quantitative estimate of drug-likeness (QED) is 0.769. The molecular formula is C11H17F4NO. The van der Waals surface area contributed by atoms with Gasteiger partial charge in [0, 0.05) is 6.04 Å². The highest BCUT2D eigenvalue weighted by Crippen LogP contribution is 2.28. The molecule has 0 aliphatic heterocycles. The van der Waals surface area contributed by atoms with Crippen LogP contribution in [-0.2, 0) is 4.79 Å². The summed E-state index contributed by atoms with van der Waals surface area (Å²) in [5.74, 6) is -6.05. The summed E-state index contributed by atoms with van der Waals surface area (Å²) in [6.45, 7) is 1.99. The van der Waals surface area contributed by atoms with E-state index in [0.29, 0.717) is 18.8 Å². The zero-order valence-corrected chi connectivity index (χ0v) is 9.69. The third-order valence-electron chi connectivity index (χ3n) is 3.27. The van der Waals surface area contributed by atoms with Crippen LogP contribution in [0.2, 0.25) is 0 Å². The van der Waals surface area contributed by atoms with E-state index in [9.17, 15) is 22.4 Å². The summed E-state index contributed by atoms with van der Waals surface area (Å²) in [5.41, 5.74) is 0. The van der Waals surface area contributed by atoms with E-state index in [1.54, 1.807) is 0 Å². The van der Waals surface area contributed by atoms with Crippen LogP contribution in [0.15, 0.2) is 0 Å². The molecule has 100 valence electrons. The van der Waals surface area contributed by atoms with Gasteiger partial charge in [-0.2, -0.15) is 8.78 Å². The van der Waals surface area contributed by atoms with Gasteiger partial charge in [0.05, 0.1) is 0 Å². The number of hydrogen-bond acceptors (Lipinski definition) is 1. The maximum atomic E-state index is 12.7. The minimum Gasteiger partial charge on any atom is -0.348 e. The molecule has 1 aliphatic rings. The minimum absolute atomic E-state index is 0.384. The molecule has 0 radical (unpaired) electrons. The summed E-state index contributed by atoms with van der Waals surface area (Å²) < 4.78 is 49.3. The van der Waals surface area contributed by atoms with E-state index in [0.717, 1.165) is 19.3 Å². The van der Waals surface area contributed by atoms with E-state index in [2.05, 4.69) is 0 Å².